The van der Waals surface area contributed by atoms with E-state index in [2.05, 4.69) is 19.1 Å². The highest BCUT2D eigenvalue weighted by Crippen LogP contribution is 2.30. The van der Waals surface area contributed by atoms with Crippen LogP contribution in [0.5, 0.6) is 5.75 Å². The third-order valence-corrected chi connectivity index (χ3v) is 3.65. The number of nitrogens with zero attached hydrogens (tertiary/aromatic N) is 1. The van der Waals surface area contributed by atoms with Crippen LogP contribution < -0.4 is 10.5 Å². The third-order valence-electron chi connectivity index (χ3n) is 3.65. The van der Waals surface area contributed by atoms with E-state index in [4.69, 9.17) is 15.7 Å². The van der Waals surface area contributed by atoms with E-state index in [1.165, 1.54) is 5.56 Å². The molecule has 1 atom stereocenters. The number of nitrogens with two attached hydrogens (primary N) is 1. The van der Waals surface area contributed by atoms with Gasteiger partial charge in [-0.25, -0.2) is 0 Å². The Morgan fingerprint density at radius 1 is 1.24 bits per heavy atom. The van der Waals surface area contributed by atoms with Gasteiger partial charge in [0.15, 0.2) is 0 Å². The monoisotopic (exact) mass is 280 g/mol. The molecular formula is C18H20N2O. The number of hydrogen-bond acceptors (Lipinski definition) is 3. The molecule has 0 aliphatic heterocycles. The van der Waals surface area contributed by atoms with E-state index in [0.29, 0.717) is 12.1 Å². The van der Waals surface area contributed by atoms with Crippen LogP contribution in [0.1, 0.15) is 28.2 Å². The van der Waals surface area contributed by atoms with Gasteiger partial charge >= 0.3 is 0 Å². The lowest BCUT2D eigenvalue weighted by Crippen LogP contribution is -2.16. The summed E-state index contributed by atoms with van der Waals surface area (Å²) in [4.78, 5) is 0. The summed E-state index contributed by atoms with van der Waals surface area (Å²) in [6.07, 6.45) is 0.797. The smallest absolute Gasteiger partial charge is 0.122 e. The maximum absolute atomic E-state index is 8.99. The second-order valence-electron chi connectivity index (χ2n) is 5.19. The molecule has 0 radical (unpaired) electrons. The van der Waals surface area contributed by atoms with Crippen LogP contribution in [-0.2, 0) is 6.42 Å². The number of nitriles is 1. The molecule has 0 saturated heterocycles. The van der Waals surface area contributed by atoms with Crippen molar-refractivity contribution in [3.8, 4) is 11.8 Å². The highest BCUT2D eigenvalue weighted by atomic mass is 16.5. The molecule has 2 aromatic carbocycles. The Kier molecular flexibility index (Phi) is 4.97. The van der Waals surface area contributed by atoms with Crippen LogP contribution >= 0.6 is 0 Å². The van der Waals surface area contributed by atoms with Crippen LogP contribution in [0.3, 0.4) is 0 Å². The fourth-order valence-corrected chi connectivity index (χ4v) is 2.55. The summed E-state index contributed by atoms with van der Waals surface area (Å²) in [6, 6.07) is 16.0. The molecule has 3 heteroatoms. The summed E-state index contributed by atoms with van der Waals surface area (Å²) in [6.45, 7) is 2.60. The summed E-state index contributed by atoms with van der Waals surface area (Å²) < 4.78 is 5.46. The predicted molar refractivity (Wildman–Crippen MR) is 84.4 cm³/mol. The zero-order chi connectivity index (χ0) is 15.2. The van der Waals surface area contributed by atoms with Gasteiger partial charge in [0.05, 0.1) is 18.7 Å². The molecule has 2 N–H and O–H groups in total. The van der Waals surface area contributed by atoms with Crippen molar-refractivity contribution in [2.24, 2.45) is 5.73 Å². The predicted octanol–water partition coefficient (Wildman–Crippen LogP) is 3.16. The van der Waals surface area contributed by atoms with Gasteiger partial charge in [-0.2, -0.15) is 5.26 Å². The number of methoxy groups -OCH3 is 1. The standard InChI is InChI=1S/C18H20N2O/c1-13-6-7-18(21-2)17(8-13)16(12-20)10-14-4-3-5-15(9-14)11-19/h3-9,16H,10,12,20H2,1-2H3. The van der Waals surface area contributed by atoms with Crippen LogP contribution in [0.25, 0.3) is 0 Å². The van der Waals surface area contributed by atoms with Gasteiger partial charge in [0.1, 0.15) is 5.75 Å². The van der Waals surface area contributed by atoms with Crippen molar-refractivity contribution in [1.82, 2.24) is 0 Å². The maximum atomic E-state index is 8.99. The fourth-order valence-electron chi connectivity index (χ4n) is 2.55. The van der Waals surface area contributed by atoms with Gasteiger partial charge < -0.3 is 10.5 Å². The highest BCUT2D eigenvalue weighted by molar-refractivity contribution is 5.41. The maximum Gasteiger partial charge on any atom is 0.122 e. The average molecular weight is 280 g/mol. The van der Waals surface area contributed by atoms with E-state index in [0.717, 1.165) is 23.3 Å². The number of rotatable bonds is 5. The lowest BCUT2D eigenvalue weighted by Gasteiger charge is -2.19. The summed E-state index contributed by atoms with van der Waals surface area (Å²) in [5.41, 5.74) is 10.1. The molecule has 0 fully saturated rings. The minimum absolute atomic E-state index is 0.175. The molecule has 0 aliphatic carbocycles. The summed E-state index contributed by atoms with van der Waals surface area (Å²) in [5.74, 6) is 1.04. The molecule has 0 aliphatic rings. The first-order valence-electron chi connectivity index (χ1n) is 7.01. The van der Waals surface area contributed by atoms with Crippen molar-refractivity contribution >= 4 is 0 Å². The van der Waals surface area contributed by atoms with Crippen molar-refractivity contribution in [1.29, 1.82) is 5.26 Å². The molecule has 0 aromatic heterocycles. The van der Waals surface area contributed by atoms with Gasteiger partial charge in [-0.15, -0.1) is 0 Å². The lowest BCUT2D eigenvalue weighted by molar-refractivity contribution is 0.405. The highest BCUT2D eigenvalue weighted by Gasteiger charge is 2.16. The second-order valence-corrected chi connectivity index (χ2v) is 5.19. The fraction of sp³-hybridized carbons (Fsp3) is 0.278. The van der Waals surface area contributed by atoms with Crippen LogP contribution in [-0.4, -0.2) is 13.7 Å². The minimum Gasteiger partial charge on any atom is -0.496 e. The number of ether oxygens (including phenoxy) is 1. The van der Waals surface area contributed by atoms with Gasteiger partial charge in [-0.1, -0.05) is 29.8 Å². The van der Waals surface area contributed by atoms with Crippen molar-refractivity contribution < 1.29 is 4.74 Å². The topological polar surface area (TPSA) is 59.0 Å². The molecule has 2 rings (SSSR count). The van der Waals surface area contributed by atoms with Crippen LogP contribution in [0, 0.1) is 18.3 Å². The molecule has 0 bridgehead atoms. The van der Waals surface area contributed by atoms with E-state index in [1.54, 1.807) is 7.11 Å². The van der Waals surface area contributed by atoms with Crippen molar-refractivity contribution in [2.75, 3.05) is 13.7 Å². The van der Waals surface area contributed by atoms with Crippen molar-refractivity contribution in [2.45, 2.75) is 19.3 Å². The normalized spacial score (nSPS) is 11.7. The van der Waals surface area contributed by atoms with Crippen LogP contribution in [0.15, 0.2) is 42.5 Å². The molecule has 0 spiro atoms. The van der Waals surface area contributed by atoms with Gasteiger partial charge in [0.25, 0.3) is 0 Å². The Bertz CT molecular complexity index is 659. The Balaban J connectivity index is 2.32. The van der Waals surface area contributed by atoms with E-state index in [9.17, 15) is 0 Å². The quantitative estimate of drug-likeness (QED) is 0.915. The minimum atomic E-state index is 0.175. The molecule has 3 nitrogen and oxygen atoms in total. The Morgan fingerprint density at radius 3 is 2.71 bits per heavy atom. The Labute approximate surface area is 126 Å². The van der Waals surface area contributed by atoms with Gasteiger partial charge in [-0.3, -0.25) is 0 Å². The Morgan fingerprint density at radius 2 is 2.05 bits per heavy atom. The lowest BCUT2D eigenvalue weighted by atomic mass is 9.90. The first kappa shape index (κ1) is 15.1. The number of benzene rings is 2. The molecule has 108 valence electrons. The summed E-state index contributed by atoms with van der Waals surface area (Å²) >= 11 is 0. The van der Waals surface area contributed by atoms with Crippen LogP contribution in [0.4, 0.5) is 0 Å². The van der Waals surface area contributed by atoms with E-state index in [-0.39, 0.29) is 5.92 Å². The van der Waals surface area contributed by atoms with E-state index in [1.807, 2.05) is 36.4 Å². The molecule has 0 heterocycles. The van der Waals surface area contributed by atoms with E-state index >= 15 is 0 Å². The van der Waals surface area contributed by atoms with Gasteiger partial charge in [-0.05, 0) is 49.2 Å². The molecule has 21 heavy (non-hydrogen) atoms. The number of hydrogen-bond donors (Lipinski definition) is 1. The largest absolute Gasteiger partial charge is 0.496 e. The second kappa shape index (κ2) is 6.92. The van der Waals surface area contributed by atoms with Gasteiger partial charge in [0.2, 0.25) is 0 Å². The molecule has 1 unspecified atom stereocenters. The zero-order valence-corrected chi connectivity index (χ0v) is 12.5. The zero-order valence-electron chi connectivity index (χ0n) is 12.5. The van der Waals surface area contributed by atoms with Crippen molar-refractivity contribution in [3.05, 3.63) is 64.7 Å². The van der Waals surface area contributed by atoms with Crippen LogP contribution in [0.2, 0.25) is 0 Å². The summed E-state index contributed by atoms with van der Waals surface area (Å²) in [5, 5.41) is 8.99. The molecule has 2 aromatic rings. The molecular weight excluding hydrogens is 260 g/mol. The molecule has 0 saturated carbocycles. The first-order valence-corrected chi connectivity index (χ1v) is 7.01. The van der Waals surface area contributed by atoms with E-state index < -0.39 is 0 Å². The average Bonchev–Trinajstić information content (AvgIpc) is 2.52. The molecule has 0 amide bonds. The number of aryl methyl sites for hydroxylation is 1. The third kappa shape index (κ3) is 3.62. The first-order chi connectivity index (χ1) is 10.2. The Hall–Kier alpha value is -2.31. The SMILES string of the molecule is COc1ccc(C)cc1C(CN)Cc1cccc(C#N)c1. The van der Waals surface area contributed by atoms with Gasteiger partial charge in [0, 0.05) is 5.92 Å². The van der Waals surface area contributed by atoms with Crippen molar-refractivity contribution in [3.63, 3.8) is 0 Å². The summed E-state index contributed by atoms with van der Waals surface area (Å²) in [7, 11) is 1.68.